The molecule has 1 aromatic heterocycles. The van der Waals surface area contributed by atoms with Crippen molar-refractivity contribution < 1.29 is 9.53 Å². The van der Waals surface area contributed by atoms with Gasteiger partial charge in [-0.05, 0) is 56.8 Å². The number of aromatic nitrogens is 2. The highest BCUT2D eigenvalue weighted by Crippen LogP contribution is 2.39. The Labute approximate surface area is 217 Å². The van der Waals surface area contributed by atoms with Gasteiger partial charge in [-0.3, -0.25) is 9.80 Å². The lowest BCUT2D eigenvalue weighted by Crippen LogP contribution is -2.46. The number of hydrogen-bond donors (Lipinski definition) is 2. The molecule has 1 saturated heterocycles. The summed E-state index contributed by atoms with van der Waals surface area (Å²) in [6.07, 6.45) is 7.01. The van der Waals surface area contributed by atoms with Crippen LogP contribution in [0.15, 0.2) is 73.1 Å². The van der Waals surface area contributed by atoms with Gasteiger partial charge in [-0.25, -0.2) is 15.4 Å². The Hall–Kier alpha value is -3.95. The third kappa shape index (κ3) is 5.58. The first-order valence-electron chi connectivity index (χ1n) is 12.6. The second kappa shape index (κ2) is 11.0. The van der Waals surface area contributed by atoms with Crippen molar-refractivity contribution in [3.63, 3.8) is 0 Å². The molecule has 0 aliphatic carbocycles. The van der Waals surface area contributed by atoms with Crippen LogP contribution in [0.2, 0.25) is 0 Å². The van der Waals surface area contributed by atoms with Crippen LogP contribution in [0.1, 0.15) is 30.0 Å². The van der Waals surface area contributed by atoms with Crippen molar-refractivity contribution in [1.29, 1.82) is 0 Å². The lowest BCUT2D eigenvalue weighted by atomic mass is 10.0. The number of hydrogen-bond acceptors (Lipinski definition) is 8. The monoisotopic (exact) mass is 499 g/mol. The van der Waals surface area contributed by atoms with E-state index in [1.165, 1.54) is 6.33 Å². The van der Waals surface area contributed by atoms with Gasteiger partial charge in [0, 0.05) is 19.2 Å². The number of hydrazine groups is 1. The van der Waals surface area contributed by atoms with Gasteiger partial charge in [0.2, 0.25) is 5.91 Å². The van der Waals surface area contributed by atoms with Crippen molar-refractivity contribution in [3.05, 3.63) is 84.2 Å². The van der Waals surface area contributed by atoms with Crippen molar-refractivity contribution in [3.8, 4) is 11.5 Å². The van der Waals surface area contributed by atoms with E-state index in [1.54, 1.807) is 6.08 Å². The predicted octanol–water partition coefficient (Wildman–Crippen LogP) is 3.37. The van der Waals surface area contributed by atoms with Crippen LogP contribution in [0.3, 0.4) is 0 Å². The van der Waals surface area contributed by atoms with Crippen molar-refractivity contribution in [2.45, 2.75) is 24.9 Å². The Bertz CT molecular complexity index is 1250. The summed E-state index contributed by atoms with van der Waals surface area (Å²) in [6, 6.07) is 17.5. The summed E-state index contributed by atoms with van der Waals surface area (Å²) >= 11 is 0. The quantitative estimate of drug-likeness (QED) is 0.455. The fourth-order valence-corrected chi connectivity index (χ4v) is 4.89. The molecule has 1 fully saturated rings. The van der Waals surface area contributed by atoms with E-state index < -0.39 is 0 Å². The fourth-order valence-electron chi connectivity index (χ4n) is 4.89. The van der Waals surface area contributed by atoms with Crippen LogP contribution in [0, 0.1) is 0 Å². The number of fused-ring (bicyclic) bond motifs is 1. The molecule has 3 heterocycles. The molecule has 3 N–H and O–H groups in total. The number of carbonyl (C=O) groups excluding carboxylic acids is 1. The van der Waals surface area contributed by atoms with Crippen LogP contribution in [0.25, 0.3) is 0 Å². The van der Waals surface area contributed by atoms with Gasteiger partial charge in [-0.2, -0.15) is 0 Å². The number of carbonyl (C=O) groups is 1. The zero-order chi connectivity index (χ0) is 25.8. The van der Waals surface area contributed by atoms with E-state index in [0.717, 1.165) is 54.4 Å². The SMILES string of the molecule is CN(C)C/C=C/C(=O)N1CCC[C@@H]1CN1NC(c2ccc(Oc3ccccc3)cc2)c2c(N)ncnc21. The lowest BCUT2D eigenvalue weighted by Gasteiger charge is -2.29. The molecule has 0 spiro atoms. The largest absolute Gasteiger partial charge is 0.457 e. The minimum Gasteiger partial charge on any atom is -0.457 e. The molecule has 9 nitrogen and oxygen atoms in total. The van der Waals surface area contributed by atoms with Crippen LogP contribution in [-0.2, 0) is 4.79 Å². The molecule has 192 valence electrons. The van der Waals surface area contributed by atoms with Gasteiger partial charge >= 0.3 is 0 Å². The Morgan fingerprint density at radius 2 is 1.89 bits per heavy atom. The van der Waals surface area contributed by atoms with Crippen molar-refractivity contribution >= 4 is 17.5 Å². The molecule has 1 amide bonds. The number of nitrogen functional groups attached to an aromatic ring is 1. The first-order chi connectivity index (χ1) is 18.0. The average molecular weight is 500 g/mol. The zero-order valence-electron chi connectivity index (χ0n) is 21.2. The molecule has 2 atom stereocenters. The van der Waals surface area contributed by atoms with Gasteiger partial charge in [-0.1, -0.05) is 36.4 Å². The molecule has 37 heavy (non-hydrogen) atoms. The maximum Gasteiger partial charge on any atom is 0.246 e. The lowest BCUT2D eigenvalue weighted by molar-refractivity contribution is -0.126. The topological polar surface area (TPSA) is 99.9 Å². The summed E-state index contributed by atoms with van der Waals surface area (Å²) in [7, 11) is 3.97. The smallest absolute Gasteiger partial charge is 0.246 e. The number of para-hydroxylation sites is 1. The molecule has 1 unspecified atom stereocenters. The molecule has 2 aromatic carbocycles. The predicted molar refractivity (Wildman–Crippen MR) is 144 cm³/mol. The van der Waals surface area contributed by atoms with Gasteiger partial charge < -0.3 is 20.3 Å². The van der Waals surface area contributed by atoms with Crippen molar-refractivity contribution in [1.82, 2.24) is 25.2 Å². The summed E-state index contributed by atoms with van der Waals surface area (Å²) < 4.78 is 5.95. The number of rotatable bonds is 8. The Kier molecular flexibility index (Phi) is 7.34. The third-order valence-electron chi connectivity index (χ3n) is 6.70. The highest BCUT2D eigenvalue weighted by atomic mass is 16.5. The number of nitrogens with zero attached hydrogens (tertiary/aromatic N) is 5. The number of likely N-dealkylation sites (tertiary alicyclic amines) is 1. The molecule has 9 heteroatoms. The average Bonchev–Trinajstić information content (AvgIpc) is 3.51. The second-order valence-corrected chi connectivity index (χ2v) is 9.65. The van der Waals surface area contributed by atoms with Crippen molar-refractivity contribution in [2.75, 3.05) is 44.5 Å². The summed E-state index contributed by atoms with van der Waals surface area (Å²) in [4.78, 5) is 25.7. The molecule has 0 bridgehead atoms. The van der Waals surface area contributed by atoms with Gasteiger partial charge in [0.15, 0.2) is 5.82 Å². The highest BCUT2D eigenvalue weighted by molar-refractivity contribution is 5.88. The van der Waals surface area contributed by atoms with Crippen LogP contribution in [0.4, 0.5) is 11.6 Å². The van der Waals surface area contributed by atoms with Crippen LogP contribution >= 0.6 is 0 Å². The molecular formula is C28H33N7O2. The molecule has 5 rings (SSSR count). The van der Waals surface area contributed by atoms with Gasteiger partial charge in [0.25, 0.3) is 0 Å². The second-order valence-electron chi connectivity index (χ2n) is 9.65. The normalized spacial score (nSPS) is 19.1. The summed E-state index contributed by atoms with van der Waals surface area (Å²) in [5.41, 5.74) is 11.8. The molecule has 0 saturated carbocycles. The first-order valence-corrected chi connectivity index (χ1v) is 12.6. The number of anilines is 2. The minimum absolute atomic E-state index is 0.0523. The zero-order valence-corrected chi connectivity index (χ0v) is 21.2. The summed E-state index contributed by atoms with van der Waals surface area (Å²) in [6.45, 7) is 2.11. The van der Waals surface area contributed by atoms with E-state index in [1.807, 2.05) is 89.6 Å². The van der Waals surface area contributed by atoms with E-state index in [9.17, 15) is 4.79 Å². The Balaban J connectivity index is 1.32. The molecule has 3 aromatic rings. The Morgan fingerprint density at radius 3 is 2.65 bits per heavy atom. The Morgan fingerprint density at radius 1 is 1.14 bits per heavy atom. The van der Waals surface area contributed by atoms with E-state index in [-0.39, 0.29) is 18.0 Å². The summed E-state index contributed by atoms with van der Waals surface area (Å²) in [5, 5.41) is 2.02. The minimum atomic E-state index is -0.201. The first kappa shape index (κ1) is 24.7. The number of ether oxygens (including phenoxy) is 1. The van der Waals surface area contributed by atoms with Crippen LogP contribution < -0.4 is 20.9 Å². The molecule has 0 radical (unpaired) electrons. The highest BCUT2D eigenvalue weighted by Gasteiger charge is 2.37. The van der Waals surface area contributed by atoms with Crippen LogP contribution in [-0.4, -0.2) is 65.4 Å². The van der Waals surface area contributed by atoms with E-state index in [2.05, 4.69) is 15.4 Å². The van der Waals surface area contributed by atoms with Crippen molar-refractivity contribution in [2.24, 2.45) is 0 Å². The van der Waals surface area contributed by atoms with Gasteiger partial charge in [0.1, 0.15) is 23.6 Å². The van der Waals surface area contributed by atoms with E-state index in [4.69, 9.17) is 10.5 Å². The standard InChI is InChI=1S/C28H33N7O2/c1-33(2)16-7-11-24(36)34-17-6-8-21(34)18-35-28-25(27(29)30-19-31-28)26(32-35)20-12-14-23(15-13-20)37-22-9-4-3-5-10-22/h3-5,7,9-15,19,21,26,32H,6,8,16-18H2,1-2H3,(H2,29,30,31)/b11-7+/t21-,26?/m1/s1. The maximum atomic E-state index is 12.9. The van der Waals surface area contributed by atoms with Gasteiger partial charge in [0.05, 0.1) is 24.2 Å². The summed E-state index contributed by atoms with van der Waals surface area (Å²) in [5.74, 6) is 2.79. The maximum absolute atomic E-state index is 12.9. The number of amides is 1. The van der Waals surface area contributed by atoms with Crippen LogP contribution in [0.5, 0.6) is 11.5 Å². The molecule has 2 aliphatic heterocycles. The van der Waals surface area contributed by atoms with E-state index in [0.29, 0.717) is 12.4 Å². The van der Waals surface area contributed by atoms with E-state index >= 15 is 0 Å². The number of benzene rings is 2. The number of nitrogens with one attached hydrogen (secondary N) is 1. The molecule has 2 aliphatic rings. The fraction of sp³-hybridized carbons (Fsp3) is 0.321. The van der Waals surface area contributed by atoms with Gasteiger partial charge in [-0.15, -0.1) is 0 Å². The molecular weight excluding hydrogens is 466 g/mol. The number of nitrogens with two attached hydrogens (primary N) is 1. The number of likely N-dealkylation sites (N-methyl/N-ethyl adjacent to an activating group) is 1. The third-order valence-corrected chi connectivity index (χ3v) is 6.70.